The number of H-pyrrole nitrogens is 1. The van der Waals surface area contributed by atoms with Gasteiger partial charge in [0, 0.05) is 29.4 Å². The molecule has 0 bridgehead atoms. The molecule has 1 aliphatic carbocycles. The van der Waals surface area contributed by atoms with Crippen molar-refractivity contribution in [3.05, 3.63) is 23.8 Å². The predicted molar refractivity (Wildman–Crippen MR) is 70.3 cm³/mol. The van der Waals surface area contributed by atoms with Crippen LogP contribution in [0, 0.1) is 0 Å². The molecule has 18 heavy (non-hydrogen) atoms. The molecule has 1 saturated carbocycles. The van der Waals surface area contributed by atoms with Crippen molar-refractivity contribution in [2.75, 3.05) is 7.05 Å². The van der Waals surface area contributed by atoms with E-state index in [1.54, 1.807) is 6.33 Å². The van der Waals surface area contributed by atoms with Gasteiger partial charge in [-0.2, -0.15) is 0 Å². The molecule has 3 heterocycles. The van der Waals surface area contributed by atoms with Crippen LogP contribution < -0.4 is 0 Å². The number of hydrogen-bond donors (Lipinski definition) is 1. The van der Waals surface area contributed by atoms with Crippen molar-refractivity contribution in [2.24, 2.45) is 0 Å². The van der Waals surface area contributed by atoms with E-state index in [4.69, 9.17) is 0 Å². The van der Waals surface area contributed by atoms with Gasteiger partial charge in [-0.15, -0.1) is 0 Å². The van der Waals surface area contributed by atoms with Crippen molar-refractivity contribution >= 4 is 11.0 Å². The summed E-state index contributed by atoms with van der Waals surface area (Å²) in [6.45, 7) is 1.02. The quantitative estimate of drug-likeness (QED) is 0.770. The number of rotatable bonds is 0. The molecule has 0 atom stereocenters. The van der Waals surface area contributed by atoms with Crippen LogP contribution in [0.5, 0.6) is 0 Å². The van der Waals surface area contributed by atoms with Crippen molar-refractivity contribution < 1.29 is 0 Å². The largest absolute Gasteiger partial charge is 0.342 e. The Balaban J connectivity index is 1.87. The Labute approximate surface area is 106 Å². The van der Waals surface area contributed by atoms with Crippen molar-refractivity contribution in [3.8, 4) is 0 Å². The number of nitrogens with zero attached hydrogens (tertiary/aromatic N) is 3. The van der Waals surface area contributed by atoms with Crippen molar-refractivity contribution in [2.45, 2.75) is 44.2 Å². The van der Waals surface area contributed by atoms with Crippen molar-refractivity contribution in [1.82, 2.24) is 19.9 Å². The minimum Gasteiger partial charge on any atom is -0.342 e. The Kier molecular flexibility index (Phi) is 2.07. The van der Waals surface area contributed by atoms with Crippen LogP contribution in [-0.4, -0.2) is 32.4 Å². The zero-order valence-corrected chi connectivity index (χ0v) is 10.7. The third kappa shape index (κ3) is 1.29. The maximum absolute atomic E-state index is 4.34. The smallest absolute Gasteiger partial charge is 0.141 e. The first-order valence-electron chi connectivity index (χ1n) is 6.79. The summed E-state index contributed by atoms with van der Waals surface area (Å²) in [6.07, 6.45) is 10.2. The average Bonchev–Trinajstić information content (AvgIpc) is 2.97. The first-order valence-corrected chi connectivity index (χ1v) is 6.79. The lowest BCUT2D eigenvalue weighted by Crippen LogP contribution is -2.48. The van der Waals surface area contributed by atoms with E-state index in [0.717, 1.165) is 18.6 Å². The van der Waals surface area contributed by atoms with E-state index >= 15 is 0 Å². The van der Waals surface area contributed by atoms with E-state index in [2.05, 4.69) is 26.9 Å². The van der Waals surface area contributed by atoms with Gasteiger partial charge in [-0.25, -0.2) is 9.97 Å². The molecule has 4 rings (SSSR count). The van der Waals surface area contributed by atoms with E-state index in [0.29, 0.717) is 5.54 Å². The zero-order valence-electron chi connectivity index (χ0n) is 10.7. The summed E-state index contributed by atoms with van der Waals surface area (Å²) in [5, 5.41) is 1.23. The molecule has 1 N–H and O–H groups in total. The molecule has 0 aromatic carbocycles. The molecule has 94 valence electrons. The number of fused-ring (bicyclic) bond motifs is 3. The van der Waals surface area contributed by atoms with E-state index in [-0.39, 0.29) is 0 Å². The van der Waals surface area contributed by atoms with Gasteiger partial charge in [0.25, 0.3) is 0 Å². The fraction of sp³-hybridized carbons (Fsp3) is 0.571. The first-order chi connectivity index (χ1) is 8.78. The molecule has 2 aromatic rings. The first kappa shape index (κ1) is 10.5. The highest BCUT2D eigenvalue weighted by Gasteiger charge is 2.42. The monoisotopic (exact) mass is 242 g/mol. The van der Waals surface area contributed by atoms with Crippen LogP contribution in [0.1, 0.15) is 36.9 Å². The van der Waals surface area contributed by atoms with Crippen molar-refractivity contribution in [1.29, 1.82) is 0 Å². The molecule has 0 saturated heterocycles. The Bertz CT molecular complexity index is 595. The van der Waals surface area contributed by atoms with Gasteiger partial charge in [-0.1, -0.05) is 12.8 Å². The number of hydrogen-bond acceptors (Lipinski definition) is 3. The Morgan fingerprint density at radius 1 is 1.33 bits per heavy atom. The van der Waals surface area contributed by atoms with Crippen LogP contribution in [0.3, 0.4) is 0 Å². The summed E-state index contributed by atoms with van der Waals surface area (Å²) in [4.78, 5) is 14.5. The molecule has 0 radical (unpaired) electrons. The van der Waals surface area contributed by atoms with Crippen LogP contribution in [-0.2, 0) is 13.0 Å². The highest BCUT2D eigenvalue weighted by Crippen LogP contribution is 2.43. The second kappa shape index (κ2) is 3.54. The number of likely N-dealkylation sites (N-methyl/N-ethyl adjacent to an activating group) is 1. The molecule has 2 aliphatic rings. The lowest BCUT2D eigenvalue weighted by Gasteiger charge is -2.42. The standard InChI is InChI=1S/C14H18N4/c1-18-8-12-10(6-14(18)4-2-3-5-14)11-7-15-9-16-13(11)17-12/h7,9H,2-6,8H2,1H3,(H,15,16,17). The number of nitrogens with one attached hydrogen (secondary N) is 1. The molecule has 1 spiro atoms. The maximum atomic E-state index is 4.34. The van der Waals surface area contributed by atoms with Gasteiger partial charge < -0.3 is 4.98 Å². The Morgan fingerprint density at radius 3 is 3.00 bits per heavy atom. The zero-order chi connectivity index (χ0) is 12.2. The SMILES string of the molecule is CN1Cc2[nH]c3ncncc3c2CC12CCCC2. The van der Waals surface area contributed by atoms with Gasteiger partial charge in [0.2, 0.25) is 0 Å². The molecule has 1 aliphatic heterocycles. The van der Waals surface area contributed by atoms with E-state index in [9.17, 15) is 0 Å². The van der Waals surface area contributed by atoms with Crippen molar-refractivity contribution in [3.63, 3.8) is 0 Å². The molecular formula is C14H18N4. The topological polar surface area (TPSA) is 44.8 Å². The van der Waals surface area contributed by atoms with E-state index in [1.807, 2.05) is 6.20 Å². The highest BCUT2D eigenvalue weighted by atomic mass is 15.2. The fourth-order valence-corrected chi connectivity index (χ4v) is 3.83. The van der Waals surface area contributed by atoms with E-state index < -0.39 is 0 Å². The summed E-state index contributed by atoms with van der Waals surface area (Å²) in [7, 11) is 2.27. The van der Waals surface area contributed by atoms with Gasteiger partial charge in [-0.3, -0.25) is 4.90 Å². The van der Waals surface area contributed by atoms with Gasteiger partial charge in [0.05, 0.1) is 0 Å². The third-order valence-electron chi connectivity index (χ3n) is 4.92. The van der Waals surface area contributed by atoms with Crippen LogP contribution in [0.25, 0.3) is 11.0 Å². The molecule has 0 amide bonds. The predicted octanol–water partition coefficient (Wildman–Crippen LogP) is 2.26. The fourth-order valence-electron chi connectivity index (χ4n) is 3.83. The summed E-state index contributed by atoms with van der Waals surface area (Å²) in [5.41, 5.74) is 4.20. The second-order valence-electron chi connectivity index (χ2n) is 5.83. The normalized spacial score (nSPS) is 22.7. The Hall–Kier alpha value is -1.42. The van der Waals surface area contributed by atoms with Gasteiger partial charge in [0.1, 0.15) is 12.0 Å². The molecule has 4 heteroatoms. The Morgan fingerprint density at radius 2 is 2.17 bits per heavy atom. The molecule has 1 fully saturated rings. The molecule has 4 nitrogen and oxygen atoms in total. The molecule has 2 aromatic heterocycles. The van der Waals surface area contributed by atoms with Crippen LogP contribution in [0.4, 0.5) is 0 Å². The lowest BCUT2D eigenvalue weighted by atomic mass is 9.83. The molecular weight excluding hydrogens is 224 g/mol. The van der Waals surface area contributed by atoms with E-state index in [1.165, 1.54) is 42.3 Å². The molecule has 0 unspecified atom stereocenters. The minimum absolute atomic E-state index is 0.401. The summed E-state index contributed by atoms with van der Waals surface area (Å²) >= 11 is 0. The van der Waals surface area contributed by atoms with Gasteiger partial charge in [-0.05, 0) is 31.9 Å². The number of aromatic nitrogens is 3. The van der Waals surface area contributed by atoms with Crippen LogP contribution >= 0.6 is 0 Å². The third-order valence-corrected chi connectivity index (χ3v) is 4.92. The second-order valence-corrected chi connectivity index (χ2v) is 5.83. The summed E-state index contributed by atoms with van der Waals surface area (Å²) < 4.78 is 0. The number of aromatic amines is 1. The van der Waals surface area contributed by atoms with Crippen LogP contribution in [0.15, 0.2) is 12.5 Å². The summed E-state index contributed by atoms with van der Waals surface area (Å²) in [5.74, 6) is 0. The van der Waals surface area contributed by atoms with Crippen LogP contribution in [0.2, 0.25) is 0 Å². The maximum Gasteiger partial charge on any atom is 0.141 e. The van der Waals surface area contributed by atoms with Gasteiger partial charge in [0.15, 0.2) is 0 Å². The van der Waals surface area contributed by atoms with Gasteiger partial charge >= 0.3 is 0 Å². The summed E-state index contributed by atoms with van der Waals surface area (Å²) in [6, 6.07) is 0. The lowest BCUT2D eigenvalue weighted by molar-refractivity contribution is 0.101. The highest BCUT2D eigenvalue weighted by molar-refractivity contribution is 5.80. The average molecular weight is 242 g/mol. The minimum atomic E-state index is 0.401.